The number of aromatic nitrogens is 4. The van der Waals surface area contributed by atoms with E-state index in [1.807, 2.05) is 32.0 Å². The Morgan fingerprint density at radius 3 is 2.76 bits per heavy atom. The lowest BCUT2D eigenvalue weighted by Gasteiger charge is -2.32. The molecule has 1 aliphatic heterocycles. The summed E-state index contributed by atoms with van der Waals surface area (Å²) in [4.78, 5) is 19.7. The molecule has 1 atom stereocenters. The fourth-order valence-electron chi connectivity index (χ4n) is 3.79. The molecule has 6 nitrogen and oxygen atoms in total. The molecule has 6 heteroatoms. The van der Waals surface area contributed by atoms with Gasteiger partial charge in [-0.05, 0) is 38.2 Å². The average Bonchev–Trinajstić information content (AvgIpc) is 3.07. The van der Waals surface area contributed by atoms with Gasteiger partial charge in [-0.25, -0.2) is 4.98 Å². The molecule has 0 aromatic carbocycles. The van der Waals surface area contributed by atoms with Gasteiger partial charge in [-0.2, -0.15) is 5.10 Å². The van der Waals surface area contributed by atoms with Crippen molar-refractivity contribution in [3.63, 3.8) is 0 Å². The highest BCUT2D eigenvalue weighted by Gasteiger charge is 2.29. The Bertz CT molecular complexity index is 758. The quantitative estimate of drug-likeness (QED) is 0.858. The first kappa shape index (κ1) is 17.7. The standard InChI is InChI=1S/C19H29N5O/c1-13(2)9-16-10-17(23(5)21-16)19(25)24-8-6-7-15(12-24)18-20-14(3)11-22(18)4/h10-11,13,15H,6-9,12H2,1-5H3/t15-/m1/s1. The highest BCUT2D eigenvalue weighted by Crippen LogP contribution is 2.27. The van der Waals surface area contributed by atoms with Gasteiger partial charge in [0.1, 0.15) is 11.5 Å². The van der Waals surface area contributed by atoms with Crippen LogP contribution in [0.25, 0.3) is 0 Å². The van der Waals surface area contributed by atoms with Crippen molar-refractivity contribution in [3.8, 4) is 0 Å². The second-order valence-electron chi connectivity index (χ2n) is 7.68. The molecule has 0 radical (unpaired) electrons. The molecule has 0 bridgehead atoms. The summed E-state index contributed by atoms with van der Waals surface area (Å²) in [6, 6.07) is 1.96. The van der Waals surface area contributed by atoms with E-state index in [2.05, 4.69) is 34.7 Å². The predicted octanol–water partition coefficient (Wildman–Crippen LogP) is 2.68. The highest BCUT2D eigenvalue weighted by molar-refractivity contribution is 5.92. The third-order valence-electron chi connectivity index (χ3n) is 4.87. The van der Waals surface area contributed by atoms with Crippen molar-refractivity contribution in [2.24, 2.45) is 20.0 Å². The van der Waals surface area contributed by atoms with Crippen LogP contribution in [0, 0.1) is 12.8 Å². The van der Waals surface area contributed by atoms with E-state index < -0.39 is 0 Å². The Labute approximate surface area is 149 Å². The van der Waals surface area contributed by atoms with Crippen molar-refractivity contribution < 1.29 is 4.79 Å². The molecule has 0 aliphatic carbocycles. The number of hydrogen-bond donors (Lipinski definition) is 0. The Kier molecular flexibility index (Phi) is 4.97. The first-order chi connectivity index (χ1) is 11.8. The molecule has 2 aromatic rings. The van der Waals surface area contributed by atoms with Crippen LogP contribution in [0.5, 0.6) is 0 Å². The molecule has 0 N–H and O–H groups in total. The van der Waals surface area contributed by atoms with E-state index in [0.717, 1.165) is 49.6 Å². The first-order valence-corrected chi connectivity index (χ1v) is 9.17. The van der Waals surface area contributed by atoms with Gasteiger partial charge in [0.25, 0.3) is 5.91 Å². The molecule has 1 aliphatic rings. The molecule has 136 valence electrons. The largest absolute Gasteiger partial charge is 0.337 e. The maximum atomic E-state index is 13.0. The van der Waals surface area contributed by atoms with Crippen LogP contribution in [0.1, 0.15) is 60.3 Å². The number of rotatable bonds is 4. The Balaban J connectivity index is 1.76. The fraction of sp³-hybridized carbons (Fsp3) is 0.632. The van der Waals surface area contributed by atoms with Crippen molar-refractivity contribution in [1.29, 1.82) is 0 Å². The summed E-state index contributed by atoms with van der Waals surface area (Å²) in [5, 5.41) is 4.51. The van der Waals surface area contributed by atoms with Crippen LogP contribution in [0.4, 0.5) is 0 Å². The second kappa shape index (κ2) is 7.02. The summed E-state index contributed by atoms with van der Waals surface area (Å²) in [5.74, 6) is 2.00. The predicted molar refractivity (Wildman–Crippen MR) is 97.6 cm³/mol. The molecule has 0 unspecified atom stereocenters. The summed E-state index contributed by atoms with van der Waals surface area (Å²) in [5.41, 5.74) is 2.72. The van der Waals surface area contributed by atoms with Gasteiger partial charge in [0.15, 0.2) is 0 Å². The second-order valence-corrected chi connectivity index (χ2v) is 7.68. The number of carbonyl (C=O) groups is 1. The molecule has 25 heavy (non-hydrogen) atoms. The molecule has 1 amide bonds. The van der Waals surface area contributed by atoms with E-state index in [0.29, 0.717) is 17.5 Å². The average molecular weight is 343 g/mol. The van der Waals surface area contributed by atoms with Gasteiger partial charge in [0, 0.05) is 39.3 Å². The number of nitrogens with zero attached hydrogens (tertiary/aromatic N) is 5. The third-order valence-corrected chi connectivity index (χ3v) is 4.87. The molecule has 0 spiro atoms. The summed E-state index contributed by atoms with van der Waals surface area (Å²) < 4.78 is 3.83. The number of amides is 1. The number of aryl methyl sites for hydroxylation is 3. The zero-order chi connectivity index (χ0) is 18.1. The molecule has 3 heterocycles. The smallest absolute Gasteiger partial charge is 0.272 e. The van der Waals surface area contributed by atoms with Gasteiger partial charge in [0.2, 0.25) is 0 Å². The molecule has 1 fully saturated rings. The van der Waals surface area contributed by atoms with Crippen LogP contribution < -0.4 is 0 Å². The minimum atomic E-state index is 0.0839. The first-order valence-electron chi connectivity index (χ1n) is 9.17. The molecule has 0 saturated carbocycles. The molecular weight excluding hydrogens is 314 g/mol. The van der Waals surface area contributed by atoms with Crippen molar-refractivity contribution in [1.82, 2.24) is 24.2 Å². The summed E-state index contributed by atoms with van der Waals surface area (Å²) in [6.07, 6.45) is 5.04. The monoisotopic (exact) mass is 343 g/mol. The Morgan fingerprint density at radius 1 is 1.36 bits per heavy atom. The van der Waals surface area contributed by atoms with Crippen molar-refractivity contribution in [2.75, 3.05) is 13.1 Å². The van der Waals surface area contributed by atoms with Crippen LogP contribution in [0.2, 0.25) is 0 Å². The van der Waals surface area contributed by atoms with Crippen LogP contribution in [-0.4, -0.2) is 43.2 Å². The Morgan fingerprint density at radius 2 is 2.12 bits per heavy atom. The minimum Gasteiger partial charge on any atom is -0.337 e. The van der Waals surface area contributed by atoms with E-state index in [-0.39, 0.29) is 5.91 Å². The van der Waals surface area contributed by atoms with Crippen molar-refractivity contribution in [2.45, 2.75) is 46.0 Å². The van der Waals surface area contributed by atoms with E-state index in [9.17, 15) is 4.79 Å². The molecular formula is C19H29N5O. The zero-order valence-corrected chi connectivity index (χ0v) is 16.0. The SMILES string of the molecule is Cc1cn(C)c([C@@H]2CCCN(C(=O)c3cc(CC(C)C)nn3C)C2)n1. The lowest BCUT2D eigenvalue weighted by molar-refractivity contribution is 0.0692. The van der Waals surface area contributed by atoms with Gasteiger partial charge in [-0.3, -0.25) is 9.48 Å². The van der Waals surface area contributed by atoms with E-state index in [1.54, 1.807) is 4.68 Å². The van der Waals surface area contributed by atoms with E-state index in [1.165, 1.54) is 0 Å². The maximum absolute atomic E-state index is 13.0. The Hall–Kier alpha value is -2.11. The van der Waals surface area contributed by atoms with E-state index >= 15 is 0 Å². The highest BCUT2D eigenvalue weighted by atomic mass is 16.2. The number of carbonyl (C=O) groups excluding carboxylic acids is 1. The number of hydrogen-bond acceptors (Lipinski definition) is 3. The number of likely N-dealkylation sites (tertiary alicyclic amines) is 1. The topological polar surface area (TPSA) is 56.0 Å². The summed E-state index contributed by atoms with van der Waals surface area (Å²) >= 11 is 0. The molecule has 3 rings (SSSR count). The number of piperidine rings is 1. The van der Waals surface area contributed by atoms with Crippen LogP contribution >= 0.6 is 0 Å². The van der Waals surface area contributed by atoms with Crippen molar-refractivity contribution >= 4 is 5.91 Å². The van der Waals surface area contributed by atoms with Gasteiger partial charge in [0.05, 0.1) is 11.4 Å². The maximum Gasteiger partial charge on any atom is 0.272 e. The van der Waals surface area contributed by atoms with E-state index in [4.69, 9.17) is 0 Å². The minimum absolute atomic E-state index is 0.0839. The van der Waals surface area contributed by atoms with Gasteiger partial charge in [-0.1, -0.05) is 13.8 Å². The van der Waals surface area contributed by atoms with Crippen LogP contribution in [-0.2, 0) is 20.5 Å². The summed E-state index contributed by atoms with van der Waals surface area (Å²) in [7, 11) is 3.90. The normalized spacial score (nSPS) is 18.2. The van der Waals surface area contributed by atoms with Crippen molar-refractivity contribution in [3.05, 3.63) is 35.2 Å². The van der Waals surface area contributed by atoms with Gasteiger partial charge >= 0.3 is 0 Å². The lowest BCUT2D eigenvalue weighted by Crippen LogP contribution is -2.40. The molecule has 2 aromatic heterocycles. The molecule has 1 saturated heterocycles. The zero-order valence-electron chi connectivity index (χ0n) is 16.0. The van der Waals surface area contributed by atoms with Gasteiger partial charge in [-0.15, -0.1) is 0 Å². The van der Waals surface area contributed by atoms with Gasteiger partial charge < -0.3 is 9.47 Å². The fourth-order valence-corrected chi connectivity index (χ4v) is 3.79. The van der Waals surface area contributed by atoms with Crippen LogP contribution in [0.15, 0.2) is 12.3 Å². The van der Waals surface area contributed by atoms with Crippen LogP contribution in [0.3, 0.4) is 0 Å². The lowest BCUT2D eigenvalue weighted by atomic mass is 9.97. The summed E-state index contributed by atoms with van der Waals surface area (Å²) in [6.45, 7) is 7.89. The third kappa shape index (κ3) is 3.78. The number of imidazole rings is 1.